The number of carbonyl (C=O) groups excluding carboxylic acids is 2. The number of aliphatic hydroxyl groups is 4. The van der Waals surface area contributed by atoms with E-state index in [4.69, 9.17) is 71.1 Å². The smallest absolute Gasteiger partial charge is 0.504 e. The zero-order chi connectivity index (χ0) is 68.1. The van der Waals surface area contributed by atoms with Crippen molar-refractivity contribution in [3.8, 4) is 69.0 Å². The predicted octanol–water partition coefficient (Wildman–Crippen LogP) is 6.81. The van der Waals surface area contributed by atoms with Crippen molar-refractivity contribution in [2.45, 2.75) is 113 Å². The first-order chi connectivity index (χ1) is 46.5. The molecule has 11 N–H and O–H groups in total. The summed E-state index contributed by atoms with van der Waals surface area (Å²) in [6.07, 6.45) is -5.26. The molecule has 12 atom stereocenters. The lowest BCUT2D eigenvalue weighted by molar-refractivity contribution is -0.345. The molecule has 4 aliphatic rings. The predicted molar refractivity (Wildman–Crippen MR) is 340 cm³/mol. The molecule has 4 heterocycles. The zero-order valence-corrected chi connectivity index (χ0v) is 53.0. The van der Waals surface area contributed by atoms with Gasteiger partial charge >= 0.3 is 1.43 Å². The summed E-state index contributed by atoms with van der Waals surface area (Å²) in [5.74, 6) is -1.81. The molecule has 6 aromatic rings. The molecule has 2 amide bonds. The SMILES string of the molecule is COCOc1cccc(OCCOc2ccccc2NC(=O)c2cccc(O)c2O)c1OCC1OC(OC)[C@H](OC2CCCCO2)[C@@H](OC2CCCCO2)[C@@H]1C.O=C(Nc1ccccc1OCCOc1cccc(O)c1OCC1OC(O)[C@H](O)[C@@H](O)[C@@H]1O)c1cccc(O)c1O.[H+]. The van der Waals surface area contributed by atoms with Gasteiger partial charge in [0.15, 0.2) is 77.9 Å². The molecule has 4 fully saturated rings. The molecule has 4 aliphatic heterocycles. The van der Waals surface area contributed by atoms with Crippen LogP contribution in [0.15, 0.2) is 121 Å². The van der Waals surface area contributed by atoms with Gasteiger partial charge in [0.1, 0.15) is 81.7 Å². The van der Waals surface area contributed by atoms with Gasteiger partial charge in [0.2, 0.25) is 11.5 Å². The average molecular weight is 1340 g/mol. The Bertz CT molecular complexity index is 3450. The van der Waals surface area contributed by atoms with Crippen LogP contribution in [0.3, 0.4) is 0 Å². The molecule has 0 saturated carbocycles. The molecular formula is C68H83N2O26+. The standard InChI is InChI=1S/C41H53NO14.C27H29NO12/c1-26-33(54-41(47-3)39(56-35-19-7-9-21-51-35)37(26)55-34-18-6-8-20-50-34)24-52-38-31(16-11-17-32(38)53-25-46-2)49-23-22-48-30-15-5-4-13-28(30)42-40(45)27-12-10-14-29(43)36(27)44;29-16-7-3-5-14(21(16)31)26(35)28-15-6-1-2-9-18(15)37-11-12-38-19-10-4-8-17(30)25(19)39-13-20-22(32)23(33)24(34)27(36)40-20/h4-5,10-17,26,33-35,37,39,41,43-44H,6-9,18-25H2,1-3H3,(H,42,45);1-10,20,22-24,27,29-34,36H,11-13H2,(H,28,35)/p+1/t26-,33?,34?,35?,37+,39-,41?;20?,22-,23+,24-,27?/m11/s1. The van der Waals surface area contributed by atoms with Gasteiger partial charge in [0.25, 0.3) is 11.8 Å². The number of phenolic OH excluding ortho intramolecular Hbond substituents is 5. The van der Waals surface area contributed by atoms with E-state index >= 15 is 0 Å². The lowest BCUT2D eigenvalue weighted by Crippen LogP contribution is -2.59. The monoisotopic (exact) mass is 1340 g/mol. The second-order valence-electron chi connectivity index (χ2n) is 22.5. The number of carbonyl (C=O) groups is 2. The fourth-order valence-corrected chi connectivity index (χ4v) is 10.7. The van der Waals surface area contributed by atoms with Crippen LogP contribution in [0.25, 0.3) is 0 Å². The summed E-state index contributed by atoms with van der Waals surface area (Å²) in [6.45, 7) is 3.17. The maximum atomic E-state index is 12.9. The minimum absolute atomic E-state index is 0. The molecule has 28 heteroatoms. The van der Waals surface area contributed by atoms with Gasteiger partial charge in [-0.1, -0.05) is 55.5 Å². The molecule has 28 nitrogen and oxygen atoms in total. The van der Waals surface area contributed by atoms with E-state index in [1.807, 2.05) is 6.92 Å². The van der Waals surface area contributed by atoms with Crippen LogP contribution in [0, 0.1) is 5.92 Å². The van der Waals surface area contributed by atoms with Crippen molar-refractivity contribution in [2.24, 2.45) is 5.92 Å². The number of hydrogen-bond donors (Lipinski definition) is 11. The summed E-state index contributed by atoms with van der Waals surface area (Å²) in [4.78, 5) is 25.5. The van der Waals surface area contributed by atoms with E-state index < -0.39 is 96.7 Å². The topological polar surface area (TPSA) is 379 Å². The maximum Gasteiger partial charge on any atom is 1.00 e. The van der Waals surface area contributed by atoms with E-state index in [-0.39, 0.29) is 88.1 Å². The Balaban J connectivity index is 0.000000259. The average Bonchev–Trinajstić information content (AvgIpc) is 0.803. The van der Waals surface area contributed by atoms with Crippen LogP contribution in [-0.2, 0) is 37.9 Å². The van der Waals surface area contributed by atoms with Crippen molar-refractivity contribution in [1.82, 2.24) is 0 Å². The van der Waals surface area contributed by atoms with Crippen LogP contribution in [-0.4, -0.2) is 200 Å². The van der Waals surface area contributed by atoms with Crippen LogP contribution < -0.4 is 43.8 Å². The number of methoxy groups -OCH3 is 2. The van der Waals surface area contributed by atoms with Crippen molar-refractivity contribution in [1.29, 1.82) is 0 Å². The number of anilines is 2. The fourth-order valence-electron chi connectivity index (χ4n) is 10.7. The third-order valence-corrected chi connectivity index (χ3v) is 15.8. The Hall–Kier alpha value is -8.62. The van der Waals surface area contributed by atoms with Crippen LogP contribution >= 0.6 is 0 Å². The number of rotatable bonds is 28. The highest BCUT2D eigenvalue weighted by Crippen LogP contribution is 2.42. The van der Waals surface area contributed by atoms with Gasteiger partial charge in [-0.15, -0.1) is 0 Å². The quantitative estimate of drug-likeness (QED) is 0.0136. The Morgan fingerprint density at radius 1 is 0.490 bits per heavy atom. The number of amides is 2. The highest BCUT2D eigenvalue weighted by Gasteiger charge is 2.49. The Labute approximate surface area is 554 Å². The summed E-state index contributed by atoms with van der Waals surface area (Å²) in [5.41, 5.74) is 0.463. The summed E-state index contributed by atoms with van der Waals surface area (Å²) in [6, 6.07) is 31.2. The highest BCUT2D eigenvalue weighted by atomic mass is 16.8. The van der Waals surface area contributed by atoms with Gasteiger partial charge in [-0.25, -0.2) is 0 Å². The van der Waals surface area contributed by atoms with E-state index in [0.29, 0.717) is 53.3 Å². The van der Waals surface area contributed by atoms with Crippen LogP contribution in [0.2, 0.25) is 0 Å². The first-order valence-corrected chi connectivity index (χ1v) is 31.3. The molecule has 4 saturated heterocycles. The molecule has 96 heavy (non-hydrogen) atoms. The van der Waals surface area contributed by atoms with E-state index in [1.54, 1.807) is 73.8 Å². The second-order valence-corrected chi connectivity index (χ2v) is 22.5. The fraction of sp³-hybridized carbons (Fsp3) is 0.441. The Morgan fingerprint density at radius 2 is 0.948 bits per heavy atom. The van der Waals surface area contributed by atoms with Crippen molar-refractivity contribution >= 4 is 23.2 Å². The molecule has 0 aromatic heterocycles. The van der Waals surface area contributed by atoms with Gasteiger partial charge < -0.3 is 128 Å². The molecule has 6 unspecified atom stereocenters. The Morgan fingerprint density at radius 3 is 1.48 bits per heavy atom. The van der Waals surface area contributed by atoms with Crippen LogP contribution in [0.4, 0.5) is 11.4 Å². The van der Waals surface area contributed by atoms with Crippen molar-refractivity contribution in [2.75, 3.05) is 84.5 Å². The van der Waals surface area contributed by atoms with Gasteiger partial charge in [-0.05, 0) is 111 Å². The van der Waals surface area contributed by atoms with E-state index in [9.17, 15) is 55.5 Å². The third kappa shape index (κ3) is 18.9. The van der Waals surface area contributed by atoms with Crippen LogP contribution in [0.1, 0.15) is 67.6 Å². The van der Waals surface area contributed by atoms with Gasteiger partial charge in [0.05, 0.1) is 34.7 Å². The highest BCUT2D eigenvalue weighted by molar-refractivity contribution is 6.08. The zero-order valence-electron chi connectivity index (χ0n) is 54.0. The first-order valence-electron chi connectivity index (χ1n) is 31.3. The number of benzene rings is 6. The van der Waals surface area contributed by atoms with Crippen molar-refractivity contribution in [3.63, 3.8) is 0 Å². The van der Waals surface area contributed by atoms with Gasteiger partial charge in [-0.2, -0.15) is 0 Å². The summed E-state index contributed by atoms with van der Waals surface area (Å²) < 4.78 is 89.1. The summed E-state index contributed by atoms with van der Waals surface area (Å²) in [7, 11) is 3.11. The van der Waals surface area contributed by atoms with E-state index in [2.05, 4.69) is 10.6 Å². The second kappa shape index (κ2) is 35.4. The number of aromatic hydroxyl groups is 5. The minimum atomic E-state index is -1.73. The lowest BCUT2D eigenvalue weighted by Gasteiger charge is -2.46. The molecule has 0 bridgehead atoms. The molecule has 0 spiro atoms. The molecule has 6 aromatic carbocycles. The normalized spacial score (nSPS) is 24.0. The number of aliphatic hydroxyl groups excluding tert-OH is 4. The number of phenols is 5. The molecule has 10 rings (SSSR count). The van der Waals surface area contributed by atoms with Gasteiger partial charge in [0, 0.05) is 33.4 Å². The van der Waals surface area contributed by atoms with Crippen LogP contribution in [0.5, 0.6) is 69.0 Å². The largest absolute Gasteiger partial charge is 1.00 e. The number of ether oxygens (including phenoxy) is 15. The van der Waals surface area contributed by atoms with E-state index in [0.717, 1.165) is 38.5 Å². The summed E-state index contributed by atoms with van der Waals surface area (Å²) >= 11 is 0. The third-order valence-electron chi connectivity index (χ3n) is 15.8. The molecule has 0 radical (unpaired) electrons. The number of para-hydroxylation sites is 8. The first kappa shape index (κ1) is 71.7. The van der Waals surface area contributed by atoms with Gasteiger partial charge in [-0.3, -0.25) is 9.59 Å². The Kier molecular flexibility index (Phi) is 26.4. The molecule has 520 valence electrons. The lowest BCUT2D eigenvalue weighted by atomic mass is 9.90. The minimum Gasteiger partial charge on any atom is -0.504 e. The van der Waals surface area contributed by atoms with E-state index in [1.165, 1.54) is 61.7 Å². The van der Waals surface area contributed by atoms with Crippen molar-refractivity contribution in [3.05, 3.63) is 132 Å². The molecule has 0 aliphatic carbocycles. The maximum absolute atomic E-state index is 12.9. The number of nitrogens with one attached hydrogen (secondary N) is 2. The number of hydrogen-bond acceptors (Lipinski definition) is 26. The molecular weight excluding hydrogens is 1260 g/mol. The summed E-state index contributed by atoms with van der Waals surface area (Å²) in [5, 5.41) is 94.5. The van der Waals surface area contributed by atoms with Crippen molar-refractivity contribution < 1.29 is 128 Å².